The zero-order valence-corrected chi connectivity index (χ0v) is 19.9. The van der Waals surface area contributed by atoms with E-state index in [0.29, 0.717) is 45.4 Å². The van der Waals surface area contributed by atoms with Gasteiger partial charge in [0.2, 0.25) is 0 Å². The highest BCUT2D eigenvalue weighted by molar-refractivity contribution is 5.95. The predicted octanol–water partition coefficient (Wildman–Crippen LogP) is 4.69. The number of hydrogen-bond acceptors (Lipinski definition) is 5. The lowest BCUT2D eigenvalue weighted by Gasteiger charge is -2.37. The number of anilines is 3. The molecule has 0 saturated carbocycles. The molecule has 0 spiro atoms. The van der Waals surface area contributed by atoms with Gasteiger partial charge in [-0.25, -0.2) is 8.78 Å². The molecule has 2 unspecified atom stereocenters. The molecule has 33 heavy (non-hydrogen) atoms. The van der Waals surface area contributed by atoms with Crippen molar-refractivity contribution >= 4 is 39.0 Å². The van der Waals surface area contributed by atoms with Crippen molar-refractivity contribution in [3.05, 3.63) is 42.1 Å². The predicted molar refractivity (Wildman–Crippen MR) is 130 cm³/mol. The molecule has 2 aromatic heterocycles. The molecule has 5 rings (SSSR count). The number of fused-ring (bicyclic) bond motifs is 2. The van der Waals surface area contributed by atoms with Gasteiger partial charge in [0.1, 0.15) is 11.3 Å². The van der Waals surface area contributed by atoms with Gasteiger partial charge in [-0.05, 0) is 38.1 Å². The first kappa shape index (κ1) is 23.0. The van der Waals surface area contributed by atoms with Gasteiger partial charge < -0.3 is 15.5 Å². The lowest BCUT2D eigenvalue weighted by molar-refractivity contribution is 0.407. The van der Waals surface area contributed by atoms with E-state index in [1.165, 1.54) is 6.07 Å². The summed E-state index contributed by atoms with van der Waals surface area (Å²) in [6, 6.07) is 7.30. The van der Waals surface area contributed by atoms with Gasteiger partial charge in [-0.3, -0.25) is 9.36 Å². The fourth-order valence-electron chi connectivity index (χ4n) is 4.55. The van der Waals surface area contributed by atoms with Crippen molar-refractivity contribution in [2.45, 2.75) is 39.8 Å². The zero-order valence-electron chi connectivity index (χ0n) is 19.9. The number of nitrogens with one attached hydrogen (secondary N) is 2. The second kappa shape index (κ2) is 8.97. The van der Waals surface area contributed by atoms with Gasteiger partial charge in [0.25, 0.3) is 0 Å². The second-order valence-corrected chi connectivity index (χ2v) is 8.49. The quantitative estimate of drug-likeness (QED) is 0.469. The Kier molecular flexibility index (Phi) is 6.25. The van der Waals surface area contributed by atoms with Crippen LogP contribution in [0.3, 0.4) is 0 Å². The van der Waals surface area contributed by atoms with Crippen molar-refractivity contribution in [2.24, 2.45) is 14.1 Å². The Morgan fingerprint density at radius 3 is 2.36 bits per heavy atom. The van der Waals surface area contributed by atoms with E-state index in [2.05, 4.69) is 39.6 Å². The third-order valence-corrected chi connectivity index (χ3v) is 5.75. The molecule has 0 radical (unpaired) electrons. The molecule has 1 fully saturated rings. The molecule has 4 aromatic rings. The van der Waals surface area contributed by atoms with Crippen molar-refractivity contribution in [1.82, 2.24) is 24.9 Å². The molecule has 176 valence electrons. The van der Waals surface area contributed by atoms with Crippen molar-refractivity contribution in [1.29, 1.82) is 0 Å². The topological polar surface area (TPSA) is 62.9 Å². The first-order chi connectivity index (χ1) is 15.8. The molecule has 1 aliphatic rings. The molecule has 2 aromatic carbocycles. The summed E-state index contributed by atoms with van der Waals surface area (Å²) in [4.78, 5) is 2.19. The van der Waals surface area contributed by atoms with Crippen LogP contribution in [0.4, 0.5) is 26.0 Å². The van der Waals surface area contributed by atoms with Gasteiger partial charge >= 0.3 is 0 Å². The fourth-order valence-corrected chi connectivity index (χ4v) is 4.55. The fraction of sp³-hybridized carbons (Fsp3) is 0.417. The lowest BCUT2D eigenvalue weighted by atomic mass is 10.1. The summed E-state index contributed by atoms with van der Waals surface area (Å²) in [6.45, 7) is 9.87. The number of rotatable bonds is 3. The van der Waals surface area contributed by atoms with Crippen LogP contribution in [-0.2, 0) is 14.1 Å². The number of benzene rings is 2. The number of aromatic nitrogens is 4. The van der Waals surface area contributed by atoms with Crippen LogP contribution < -0.4 is 15.5 Å². The average molecular weight is 456 g/mol. The van der Waals surface area contributed by atoms with E-state index in [0.717, 1.165) is 18.8 Å². The minimum atomic E-state index is -0.439. The summed E-state index contributed by atoms with van der Waals surface area (Å²) in [5.41, 5.74) is 2.31. The van der Waals surface area contributed by atoms with Crippen molar-refractivity contribution in [3.63, 3.8) is 0 Å². The molecule has 0 bridgehead atoms. The smallest absolute Gasteiger partial charge is 0.163 e. The third kappa shape index (κ3) is 4.37. The minimum Gasteiger partial charge on any atom is -0.368 e. The number of halogens is 2. The molecule has 0 amide bonds. The van der Waals surface area contributed by atoms with Crippen molar-refractivity contribution in [2.75, 3.05) is 23.3 Å². The van der Waals surface area contributed by atoms with E-state index < -0.39 is 5.82 Å². The Balaban J connectivity index is 0.00000126. The minimum absolute atomic E-state index is 0.300. The van der Waals surface area contributed by atoms with Gasteiger partial charge in [-0.15, -0.1) is 0 Å². The monoisotopic (exact) mass is 455 g/mol. The number of piperazine rings is 1. The second-order valence-electron chi connectivity index (χ2n) is 8.49. The molecule has 7 nitrogen and oxygen atoms in total. The average Bonchev–Trinajstić information content (AvgIpc) is 3.28. The Labute approximate surface area is 192 Å². The van der Waals surface area contributed by atoms with E-state index in [1.807, 2.05) is 19.9 Å². The van der Waals surface area contributed by atoms with Crippen LogP contribution in [0.1, 0.15) is 27.7 Å². The van der Waals surface area contributed by atoms with Gasteiger partial charge in [-0.2, -0.15) is 10.2 Å². The standard InChI is InChI=1S/C22H25F2N7.C2H6/c1-12-9-31(10-13(2)25-12)16-7-17(23)20-19(8-16)30(4)28-22(20)26-15-5-14-11-29(3)27-21(14)18(24)6-15;1-2/h5-8,11-13,25H,9-10H2,1-4H3,(H,26,28);1-2H3. The zero-order chi connectivity index (χ0) is 23.9. The molecular weight excluding hydrogens is 424 g/mol. The van der Waals surface area contributed by atoms with E-state index in [-0.39, 0.29) is 5.82 Å². The summed E-state index contributed by atoms with van der Waals surface area (Å²) in [6.07, 6.45) is 1.74. The number of aryl methyl sites for hydroxylation is 2. The maximum Gasteiger partial charge on any atom is 0.163 e. The molecule has 9 heteroatoms. The Hall–Kier alpha value is -3.20. The molecule has 2 N–H and O–H groups in total. The molecule has 1 saturated heterocycles. The summed E-state index contributed by atoms with van der Waals surface area (Å²) in [7, 11) is 3.52. The summed E-state index contributed by atoms with van der Waals surface area (Å²) < 4.78 is 33.0. The summed E-state index contributed by atoms with van der Waals surface area (Å²) in [5, 5.41) is 16.2. The third-order valence-electron chi connectivity index (χ3n) is 5.75. The molecular formula is C24H31F2N7. The summed E-state index contributed by atoms with van der Waals surface area (Å²) >= 11 is 0. The van der Waals surface area contributed by atoms with Crippen molar-refractivity contribution < 1.29 is 8.78 Å². The highest BCUT2D eigenvalue weighted by atomic mass is 19.1. The highest BCUT2D eigenvalue weighted by Gasteiger charge is 2.24. The first-order valence-corrected chi connectivity index (χ1v) is 11.4. The van der Waals surface area contributed by atoms with Crippen LogP contribution in [0.2, 0.25) is 0 Å². The maximum absolute atomic E-state index is 15.3. The van der Waals surface area contributed by atoms with Gasteiger partial charge in [-0.1, -0.05) is 13.8 Å². The van der Waals surface area contributed by atoms with Gasteiger partial charge in [0, 0.05) is 62.2 Å². The Bertz CT molecular complexity index is 1280. The Morgan fingerprint density at radius 2 is 1.67 bits per heavy atom. The maximum atomic E-state index is 15.3. The molecule has 0 aliphatic carbocycles. The van der Waals surface area contributed by atoms with E-state index >= 15 is 4.39 Å². The highest BCUT2D eigenvalue weighted by Crippen LogP contribution is 2.33. The molecule has 3 heterocycles. The van der Waals surface area contributed by atoms with Crippen LogP contribution >= 0.6 is 0 Å². The normalized spacial score (nSPS) is 18.5. The molecule has 2 atom stereocenters. The first-order valence-electron chi connectivity index (χ1n) is 11.4. The number of hydrogen-bond donors (Lipinski definition) is 2. The van der Waals surface area contributed by atoms with Crippen LogP contribution in [-0.4, -0.2) is 44.7 Å². The number of nitrogens with zero attached hydrogens (tertiary/aromatic N) is 5. The lowest BCUT2D eigenvalue weighted by Crippen LogP contribution is -2.54. The molecule has 1 aliphatic heterocycles. The largest absolute Gasteiger partial charge is 0.368 e. The van der Waals surface area contributed by atoms with E-state index in [1.54, 1.807) is 41.8 Å². The Morgan fingerprint density at radius 1 is 0.970 bits per heavy atom. The van der Waals surface area contributed by atoms with E-state index in [4.69, 9.17) is 0 Å². The van der Waals surface area contributed by atoms with Gasteiger partial charge in [0.05, 0.1) is 10.9 Å². The van der Waals surface area contributed by atoms with E-state index in [9.17, 15) is 4.39 Å². The van der Waals surface area contributed by atoms with Crippen LogP contribution in [0.5, 0.6) is 0 Å². The van der Waals surface area contributed by atoms with Gasteiger partial charge in [0.15, 0.2) is 11.6 Å². The van der Waals surface area contributed by atoms with Crippen LogP contribution in [0.15, 0.2) is 30.5 Å². The SMILES string of the molecule is CC.CC1CN(c2cc(F)c3c(Nc4cc(F)c5nn(C)cc5c4)nn(C)c3c2)CC(C)N1. The van der Waals surface area contributed by atoms with Crippen molar-refractivity contribution in [3.8, 4) is 0 Å². The summed E-state index contributed by atoms with van der Waals surface area (Å²) in [5.74, 6) is -0.443. The van der Waals surface area contributed by atoms with Crippen LogP contribution in [0, 0.1) is 11.6 Å². The van der Waals surface area contributed by atoms with Crippen LogP contribution in [0.25, 0.3) is 21.8 Å².